The third-order valence-electron chi connectivity index (χ3n) is 5.14. The Bertz CT molecular complexity index is 1010. The van der Waals surface area contributed by atoms with Gasteiger partial charge in [0.25, 0.3) is 0 Å². The van der Waals surface area contributed by atoms with Crippen molar-refractivity contribution in [2.75, 3.05) is 17.2 Å². The van der Waals surface area contributed by atoms with Crippen LogP contribution in [0.1, 0.15) is 42.3 Å². The van der Waals surface area contributed by atoms with E-state index in [0.717, 1.165) is 29.2 Å². The predicted molar refractivity (Wildman–Crippen MR) is 105 cm³/mol. The summed E-state index contributed by atoms with van der Waals surface area (Å²) in [6.07, 6.45) is 4.48. The molecule has 0 fully saturated rings. The average Bonchev–Trinajstić information content (AvgIpc) is 3.17. The van der Waals surface area contributed by atoms with Gasteiger partial charge in [-0.2, -0.15) is 4.98 Å². The summed E-state index contributed by atoms with van der Waals surface area (Å²) in [5.41, 5.74) is 10.4. The molecule has 1 atom stereocenters. The van der Waals surface area contributed by atoms with Crippen molar-refractivity contribution in [1.29, 1.82) is 0 Å². The summed E-state index contributed by atoms with van der Waals surface area (Å²) in [7, 11) is 1.89. The van der Waals surface area contributed by atoms with E-state index in [-0.39, 0.29) is 11.4 Å². The number of anilines is 3. The number of benzene rings is 1. The van der Waals surface area contributed by atoms with Crippen molar-refractivity contribution in [3.63, 3.8) is 0 Å². The van der Waals surface area contributed by atoms with Crippen LogP contribution in [0.3, 0.4) is 0 Å². The highest BCUT2D eigenvalue weighted by molar-refractivity contribution is 5.73. The lowest BCUT2D eigenvalue weighted by atomic mass is 9.86. The fourth-order valence-electron chi connectivity index (χ4n) is 3.73. The van der Waals surface area contributed by atoms with Crippen LogP contribution in [0.15, 0.2) is 36.9 Å². The maximum Gasteiger partial charge on any atom is 0.221 e. The normalized spacial score (nSPS) is 16.4. The molecule has 7 nitrogen and oxygen atoms in total. The van der Waals surface area contributed by atoms with Gasteiger partial charge >= 0.3 is 0 Å². The topological polar surface area (TPSA) is 93.1 Å². The lowest BCUT2D eigenvalue weighted by Gasteiger charge is -2.23. The van der Waals surface area contributed by atoms with Gasteiger partial charge in [0, 0.05) is 42.7 Å². The average molecular weight is 364 g/mol. The Morgan fingerprint density at radius 3 is 2.74 bits per heavy atom. The molecule has 0 spiro atoms. The first kappa shape index (κ1) is 17.5. The molecular weight excluding hydrogens is 340 g/mol. The highest BCUT2D eigenvalue weighted by Crippen LogP contribution is 2.45. The number of rotatable bonds is 3. The van der Waals surface area contributed by atoms with Crippen molar-refractivity contribution in [2.24, 2.45) is 7.05 Å². The Labute approximate surface area is 158 Å². The minimum Gasteiger partial charge on any atom is -0.382 e. The standard InChI is InChI=1S/C20H24N6O/c1-12-8-22-19(21)24-18(12)26-10-20(2,3)14-6-5-13(7-16(14)26)17(27)15-9-25(4)11-23-15/h5-9,11,17,27H,10H2,1-4H3,(H2,21,22,24)/t17-/m1/s1. The first-order chi connectivity index (χ1) is 12.8. The summed E-state index contributed by atoms with van der Waals surface area (Å²) in [4.78, 5) is 15.0. The van der Waals surface area contributed by atoms with E-state index in [1.807, 2.05) is 36.9 Å². The Balaban J connectivity index is 1.81. The van der Waals surface area contributed by atoms with Crippen LogP contribution in [-0.4, -0.2) is 31.2 Å². The number of aromatic nitrogens is 4. The van der Waals surface area contributed by atoms with Crippen LogP contribution in [0, 0.1) is 6.92 Å². The number of aliphatic hydroxyl groups is 1. The lowest BCUT2D eigenvalue weighted by molar-refractivity contribution is 0.216. The van der Waals surface area contributed by atoms with Crippen molar-refractivity contribution in [3.8, 4) is 0 Å². The van der Waals surface area contributed by atoms with E-state index >= 15 is 0 Å². The van der Waals surface area contributed by atoms with E-state index in [1.54, 1.807) is 12.5 Å². The quantitative estimate of drug-likeness (QED) is 0.742. The van der Waals surface area contributed by atoms with E-state index in [2.05, 4.69) is 39.8 Å². The molecule has 3 N–H and O–H groups in total. The molecule has 0 radical (unpaired) electrons. The second kappa shape index (κ2) is 6.06. The van der Waals surface area contributed by atoms with Crippen LogP contribution >= 0.6 is 0 Å². The maximum atomic E-state index is 10.8. The molecule has 0 unspecified atom stereocenters. The van der Waals surface area contributed by atoms with Crippen LogP contribution in [0.25, 0.3) is 0 Å². The number of imidazole rings is 1. The SMILES string of the molecule is Cc1cnc(N)nc1N1CC(C)(C)c2ccc([C@@H](O)c3cn(C)cn3)cc21. The van der Waals surface area contributed by atoms with Gasteiger partial charge in [0.2, 0.25) is 5.95 Å². The lowest BCUT2D eigenvalue weighted by Crippen LogP contribution is -2.26. The van der Waals surface area contributed by atoms with Crippen LogP contribution in [0.2, 0.25) is 0 Å². The number of hydrogen-bond donors (Lipinski definition) is 2. The van der Waals surface area contributed by atoms with Gasteiger partial charge in [0.05, 0.1) is 12.0 Å². The van der Waals surface area contributed by atoms with Crippen molar-refractivity contribution >= 4 is 17.5 Å². The third kappa shape index (κ3) is 2.94. The summed E-state index contributed by atoms with van der Waals surface area (Å²) in [5.74, 6) is 1.06. The molecule has 1 aromatic carbocycles. The van der Waals surface area contributed by atoms with Crippen LogP contribution in [-0.2, 0) is 12.5 Å². The van der Waals surface area contributed by atoms with Crippen molar-refractivity contribution in [1.82, 2.24) is 19.5 Å². The van der Waals surface area contributed by atoms with Crippen molar-refractivity contribution in [2.45, 2.75) is 32.3 Å². The Morgan fingerprint density at radius 1 is 1.26 bits per heavy atom. The fraction of sp³-hybridized carbons (Fsp3) is 0.350. The van der Waals surface area contributed by atoms with E-state index in [4.69, 9.17) is 5.73 Å². The van der Waals surface area contributed by atoms with Crippen molar-refractivity contribution < 1.29 is 5.11 Å². The number of nitrogens with zero attached hydrogens (tertiary/aromatic N) is 5. The summed E-state index contributed by atoms with van der Waals surface area (Å²) in [5, 5.41) is 10.8. The van der Waals surface area contributed by atoms with Gasteiger partial charge in [-0.05, 0) is 24.1 Å². The molecule has 7 heteroatoms. The molecule has 0 saturated heterocycles. The van der Waals surface area contributed by atoms with Crippen LogP contribution < -0.4 is 10.6 Å². The Kier molecular flexibility index (Phi) is 3.92. The number of aryl methyl sites for hydroxylation is 2. The second-order valence-corrected chi connectivity index (χ2v) is 7.85. The molecule has 4 rings (SSSR count). The third-order valence-corrected chi connectivity index (χ3v) is 5.14. The first-order valence-corrected chi connectivity index (χ1v) is 8.93. The minimum absolute atomic E-state index is 0.0457. The number of aliphatic hydroxyl groups excluding tert-OH is 1. The van der Waals surface area contributed by atoms with Gasteiger partial charge in [0.15, 0.2) is 0 Å². The zero-order valence-corrected chi connectivity index (χ0v) is 16.0. The zero-order valence-electron chi connectivity index (χ0n) is 16.0. The van der Waals surface area contributed by atoms with Gasteiger partial charge in [-0.25, -0.2) is 9.97 Å². The molecule has 0 amide bonds. The largest absolute Gasteiger partial charge is 0.382 e. The van der Waals surface area contributed by atoms with Crippen LogP contribution in [0.5, 0.6) is 0 Å². The van der Waals surface area contributed by atoms with Gasteiger partial charge in [-0.1, -0.05) is 26.0 Å². The highest BCUT2D eigenvalue weighted by atomic mass is 16.3. The van der Waals surface area contributed by atoms with Gasteiger partial charge < -0.3 is 20.3 Å². The van der Waals surface area contributed by atoms with E-state index in [1.165, 1.54) is 5.56 Å². The van der Waals surface area contributed by atoms with E-state index in [9.17, 15) is 5.11 Å². The number of nitrogen functional groups attached to an aromatic ring is 1. The summed E-state index contributed by atoms with van der Waals surface area (Å²) in [6, 6.07) is 6.10. The number of nitrogens with two attached hydrogens (primary N) is 1. The van der Waals surface area contributed by atoms with Crippen LogP contribution in [0.4, 0.5) is 17.5 Å². The molecule has 1 aliphatic rings. The smallest absolute Gasteiger partial charge is 0.221 e. The highest BCUT2D eigenvalue weighted by Gasteiger charge is 2.37. The van der Waals surface area contributed by atoms with Gasteiger partial charge in [-0.15, -0.1) is 0 Å². The Morgan fingerprint density at radius 2 is 2.04 bits per heavy atom. The molecule has 27 heavy (non-hydrogen) atoms. The molecular formula is C20H24N6O. The fourth-order valence-corrected chi connectivity index (χ4v) is 3.73. The summed E-state index contributed by atoms with van der Waals surface area (Å²) < 4.78 is 1.83. The molecule has 140 valence electrons. The molecule has 0 saturated carbocycles. The number of hydrogen-bond acceptors (Lipinski definition) is 6. The number of fused-ring (bicyclic) bond motifs is 1. The van der Waals surface area contributed by atoms with Crippen molar-refractivity contribution in [3.05, 3.63) is 59.3 Å². The molecule has 0 aliphatic carbocycles. The Hall–Kier alpha value is -2.93. The zero-order chi connectivity index (χ0) is 19.3. The monoisotopic (exact) mass is 364 g/mol. The van der Waals surface area contributed by atoms with Gasteiger partial charge in [0.1, 0.15) is 11.9 Å². The van der Waals surface area contributed by atoms with E-state index in [0.29, 0.717) is 5.69 Å². The van der Waals surface area contributed by atoms with E-state index < -0.39 is 6.10 Å². The second-order valence-electron chi connectivity index (χ2n) is 7.85. The molecule has 0 bridgehead atoms. The predicted octanol–water partition coefficient (Wildman–Crippen LogP) is 2.61. The molecule has 3 aromatic rings. The van der Waals surface area contributed by atoms with Gasteiger partial charge in [-0.3, -0.25) is 0 Å². The summed E-state index contributed by atoms with van der Waals surface area (Å²) in [6.45, 7) is 7.18. The molecule has 2 aromatic heterocycles. The first-order valence-electron chi connectivity index (χ1n) is 8.93. The minimum atomic E-state index is -0.779. The summed E-state index contributed by atoms with van der Waals surface area (Å²) >= 11 is 0. The molecule has 3 heterocycles. The molecule has 1 aliphatic heterocycles. The maximum absolute atomic E-state index is 10.8.